The number of hydrogen-bond donors (Lipinski definition) is 0. The maximum Gasteiger partial charge on any atom is 0.160 e. The predicted molar refractivity (Wildman–Crippen MR) is 230 cm³/mol. The van der Waals surface area contributed by atoms with Gasteiger partial charge in [0.1, 0.15) is 0 Å². The lowest BCUT2D eigenvalue weighted by Crippen LogP contribution is -2.35. The van der Waals surface area contributed by atoms with Crippen LogP contribution in [0, 0.1) is 0 Å². The SMILES string of the molecule is c1ccc(-c2ccc(-c3cc(-c4ccccc4)nc(-c4ccc(C5(c6ccccc6)c6ccccc6-n6c7ccccc7c7cccc5c76)cc4)n3)cc2)cc1. The smallest absolute Gasteiger partial charge is 0.160 e. The van der Waals surface area contributed by atoms with E-state index in [0.717, 1.165) is 28.1 Å². The number of aromatic nitrogens is 3. The summed E-state index contributed by atoms with van der Waals surface area (Å²) in [5.41, 5.74) is 15.3. The van der Waals surface area contributed by atoms with Gasteiger partial charge in [0.15, 0.2) is 5.82 Å². The van der Waals surface area contributed by atoms with Crippen molar-refractivity contribution in [1.82, 2.24) is 14.5 Å². The average Bonchev–Trinajstić information content (AvgIpc) is 3.63. The molecule has 0 saturated heterocycles. The van der Waals surface area contributed by atoms with Gasteiger partial charge in [0, 0.05) is 27.5 Å². The Balaban J connectivity index is 1.10. The Morgan fingerprint density at radius 1 is 0.357 bits per heavy atom. The summed E-state index contributed by atoms with van der Waals surface area (Å²) >= 11 is 0. The summed E-state index contributed by atoms with van der Waals surface area (Å²) < 4.78 is 2.47. The van der Waals surface area contributed by atoms with Crippen LogP contribution >= 0.6 is 0 Å². The molecule has 0 saturated carbocycles. The largest absolute Gasteiger partial charge is 0.309 e. The minimum atomic E-state index is -0.571. The lowest BCUT2D eigenvalue weighted by Gasteiger charge is -2.41. The standard InChI is InChI=1S/C53H35N3/c1-4-15-36(16-5-1)37-27-29-39(30-28-37)48-35-47(38-17-6-2-7-18-38)54-52(55-48)40-31-33-42(34-32-40)53(41-19-8-3-9-20-41)45-23-11-13-26-50(45)56-49-25-12-10-21-43(49)44-22-14-24-46(53)51(44)56/h1-35H. The van der Waals surface area contributed by atoms with Crippen molar-refractivity contribution in [2.45, 2.75) is 5.41 Å². The van der Waals surface area contributed by atoms with Gasteiger partial charge in [-0.05, 0) is 51.6 Å². The molecule has 1 aliphatic heterocycles. The summed E-state index contributed by atoms with van der Waals surface area (Å²) in [6, 6.07) is 76.2. The molecule has 3 heterocycles. The summed E-state index contributed by atoms with van der Waals surface area (Å²) in [7, 11) is 0. The number of rotatable bonds is 6. The Morgan fingerprint density at radius 3 is 1.59 bits per heavy atom. The molecule has 8 aromatic carbocycles. The molecular weight excluding hydrogens is 679 g/mol. The van der Waals surface area contributed by atoms with Crippen LogP contribution in [0.3, 0.4) is 0 Å². The molecule has 262 valence electrons. The van der Waals surface area contributed by atoms with Crippen molar-refractivity contribution >= 4 is 21.8 Å². The fraction of sp³-hybridized carbons (Fsp3) is 0.0189. The van der Waals surface area contributed by atoms with Crippen molar-refractivity contribution in [3.63, 3.8) is 0 Å². The Labute approximate surface area is 325 Å². The minimum absolute atomic E-state index is 0.571. The molecule has 0 fully saturated rings. The lowest BCUT2D eigenvalue weighted by molar-refractivity contribution is 0.728. The van der Waals surface area contributed by atoms with Crippen LogP contribution < -0.4 is 0 Å². The maximum absolute atomic E-state index is 5.23. The molecule has 0 N–H and O–H groups in total. The van der Waals surface area contributed by atoms with Gasteiger partial charge in [-0.15, -0.1) is 0 Å². The zero-order valence-corrected chi connectivity index (χ0v) is 30.5. The first-order valence-electron chi connectivity index (χ1n) is 19.2. The van der Waals surface area contributed by atoms with E-state index in [2.05, 4.69) is 205 Å². The molecule has 0 radical (unpaired) electrons. The summed E-state index contributed by atoms with van der Waals surface area (Å²) in [4.78, 5) is 10.4. The molecule has 1 unspecified atom stereocenters. The van der Waals surface area contributed by atoms with Crippen molar-refractivity contribution < 1.29 is 0 Å². The van der Waals surface area contributed by atoms with Gasteiger partial charge < -0.3 is 4.57 Å². The highest BCUT2D eigenvalue weighted by Gasteiger charge is 2.45. The highest BCUT2D eigenvalue weighted by Crippen LogP contribution is 2.54. The van der Waals surface area contributed by atoms with E-state index in [9.17, 15) is 0 Å². The van der Waals surface area contributed by atoms with E-state index in [1.165, 1.54) is 60.9 Å². The second-order valence-electron chi connectivity index (χ2n) is 14.5. The molecule has 0 bridgehead atoms. The number of nitrogens with zero attached hydrogens (tertiary/aromatic N) is 3. The van der Waals surface area contributed by atoms with Crippen molar-refractivity contribution in [2.24, 2.45) is 0 Å². The molecule has 3 nitrogen and oxygen atoms in total. The van der Waals surface area contributed by atoms with E-state index >= 15 is 0 Å². The lowest BCUT2D eigenvalue weighted by atomic mass is 9.63. The normalized spacial score (nSPS) is 14.5. The van der Waals surface area contributed by atoms with E-state index in [1.54, 1.807) is 0 Å². The van der Waals surface area contributed by atoms with Crippen molar-refractivity contribution in [3.8, 4) is 50.7 Å². The molecule has 2 aromatic heterocycles. The zero-order valence-electron chi connectivity index (χ0n) is 30.5. The van der Waals surface area contributed by atoms with Crippen LogP contribution in [0.15, 0.2) is 212 Å². The maximum atomic E-state index is 5.23. The summed E-state index contributed by atoms with van der Waals surface area (Å²) in [5, 5.41) is 2.53. The summed E-state index contributed by atoms with van der Waals surface area (Å²) in [5.74, 6) is 0.695. The van der Waals surface area contributed by atoms with E-state index in [0.29, 0.717) is 5.82 Å². The van der Waals surface area contributed by atoms with Crippen LogP contribution in [0.5, 0.6) is 0 Å². The monoisotopic (exact) mass is 713 g/mol. The van der Waals surface area contributed by atoms with Crippen LogP contribution in [0.1, 0.15) is 22.3 Å². The highest BCUT2D eigenvalue weighted by molar-refractivity contribution is 6.12. The van der Waals surface area contributed by atoms with Gasteiger partial charge in [-0.25, -0.2) is 9.97 Å². The third-order valence-electron chi connectivity index (χ3n) is 11.5. The van der Waals surface area contributed by atoms with Gasteiger partial charge >= 0.3 is 0 Å². The first kappa shape index (κ1) is 32.1. The van der Waals surface area contributed by atoms with Crippen LogP contribution in [-0.4, -0.2) is 14.5 Å². The Morgan fingerprint density at radius 2 is 0.857 bits per heavy atom. The van der Waals surface area contributed by atoms with Crippen molar-refractivity contribution in [3.05, 3.63) is 235 Å². The fourth-order valence-electron chi connectivity index (χ4n) is 8.99. The molecule has 0 amide bonds. The Bertz CT molecular complexity index is 3040. The van der Waals surface area contributed by atoms with E-state index in [4.69, 9.17) is 9.97 Å². The summed E-state index contributed by atoms with van der Waals surface area (Å²) in [6.07, 6.45) is 0. The third-order valence-corrected chi connectivity index (χ3v) is 11.5. The number of benzene rings is 8. The molecular formula is C53H35N3. The molecule has 10 aromatic rings. The Kier molecular flexibility index (Phi) is 7.39. The molecule has 1 aliphatic rings. The first-order chi connectivity index (χ1) is 27.8. The van der Waals surface area contributed by atoms with Gasteiger partial charge in [0.25, 0.3) is 0 Å². The third kappa shape index (κ3) is 4.91. The van der Waals surface area contributed by atoms with Gasteiger partial charge in [0.2, 0.25) is 0 Å². The molecule has 0 spiro atoms. The topological polar surface area (TPSA) is 30.7 Å². The van der Waals surface area contributed by atoms with E-state index < -0.39 is 5.41 Å². The fourth-order valence-corrected chi connectivity index (χ4v) is 8.99. The number of para-hydroxylation sites is 3. The van der Waals surface area contributed by atoms with Crippen molar-refractivity contribution in [1.29, 1.82) is 0 Å². The molecule has 0 aliphatic carbocycles. The van der Waals surface area contributed by atoms with E-state index in [1.807, 2.05) is 12.1 Å². The quantitative estimate of drug-likeness (QED) is 0.172. The van der Waals surface area contributed by atoms with Gasteiger partial charge in [-0.1, -0.05) is 194 Å². The van der Waals surface area contributed by atoms with Gasteiger partial charge in [-0.2, -0.15) is 0 Å². The van der Waals surface area contributed by atoms with Crippen LogP contribution in [0.25, 0.3) is 72.5 Å². The average molecular weight is 714 g/mol. The molecule has 3 heteroatoms. The summed E-state index contributed by atoms with van der Waals surface area (Å²) in [6.45, 7) is 0. The Hall–Kier alpha value is -7.36. The second-order valence-corrected chi connectivity index (χ2v) is 14.5. The van der Waals surface area contributed by atoms with Gasteiger partial charge in [0.05, 0.1) is 33.5 Å². The zero-order chi connectivity index (χ0) is 37.1. The minimum Gasteiger partial charge on any atom is -0.309 e. The van der Waals surface area contributed by atoms with Crippen LogP contribution in [0.2, 0.25) is 0 Å². The second kappa shape index (κ2) is 12.9. The van der Waals surface area contributed by atoms with Crippen molar-refractivity contribution in [2.75, 3.05) is 0 Å². The first-order valence-corrected chi connectivity index (χ1v) is 19.2. The predicted octanol–water partition coefficient (Wildman–Crippen LogP) is 12.9. The van der Waals surface area contributed by atoms with Gasteiger partial charge in [-0.3, -0.25) is 0 Å². The van der Waals surface area contributed by atoms with Crippen LogP contribution in [-0.2, 0) is 5.41 Å². The molecule has 56 heavy (non-hydrogen) atoms. The molecule has 11 rings (SSSR count). The van der Waals surface area contributed by atoms with E-state index in [-0.39, 0.29) is 0 Å². The van der Waals surface area contributed by atoms with Crippen LogP contribution in [0.4, 0.5) is 0 Å². The number of hydrogen-bond acceptors (Lipinski definition) is 2. The number of fused-ring (bicyclic) bond motifs is 5. The highest BCUT2D eigenvalue weighted by atomic mass is 15.0. The molecule has 1 atom stereocenters.